The minimum absolute atomic E-state index is 0.218. The van der Waals surface area contributed by atoms with Crippen LogP contribution in [0.15, 0.2) is 11.6 Å². The molecule has 4 nitrogen and oxygen atoms in total. The predicted octanol–water partition coefficient (Wildman–Crippen LogP) is 3.17. The molecule has 0 aromatic carbocycles. The normalized spacial score (nSPS) is 10.5. The summed E-state index contributed by atoms with van der Waals surface area (Å²) in [6.07, 6.45) is 0.784. The van der Waals surface area contributed by atoms with Gasteiger partial charge in [-0.1, -0.05) is 23.2 Å². The van der Waals surface area contributed by atoms with E-state index in [0.717, 1.165) is 12.1 Å². The maximum absolute atomic E-state index is 5.82. The Morgan fingerprint density at radius 3 is 2.88 bits per heavy atom. The van der Waals surface area contributed by atoms with Gasteiger partial charge in [-0.05, 0) is 6.92 Å². The predicted molar refractivity (Wildman–Crippen MR) is 68.1 cm³/mol. The van der Waals surface area contributed by atoms with Gasteiger partial charge in [0.05, 0.1) is 17.8 Å². The number of halogens is 2. The van der Waals surface area contributed by atoms with Crippen LogP contribution in [0.3, 0.4) is 0 Å². The topological polar surface area (TPSA) is 47.9 Å². The molecular formula is C10H9Cl2N3OS. The summed E-state index contributed by atoms with van der Waals surface area (Å²) < 4.78 is 5.51. The average molecular weight is 290 g/mol. The molecule has 2 aromatic rings. The van der Waals surface area contributed by atoms with Crippen LogP contribution in [0.4, 0.5) is 0 Å². The number of hydrogen-bond acceptors (Lipinski definition) is 5. The molecule has 0 spiro atoms. The van der Waals surface area contributed by atoms with E-state index in [1.807, 2.05) is 12.4 Å². The molecule has 0 bridgehead atoms. The summed E-state index contributed by atoms with van der Waals surface area (Å²) in [6, 6.07) is 1.55. The molecule has 0 N–H and O–H groups in total. The van der Waals surface area contributed by atoms with Gasteiger partial charge < -0.3 is 4.74 Å². The van der Waals surface area contributed by atoms with Gasteiger partial charge in [0.2, 0.25) is 0 Å². The van der Waals surface area contributed by atoms with Crippen molar-refractivity contribution in [2.75, 3.05) is 6.61 Å². The van der Waals surface area contributed by atoms with Crippen LogP contribution in [0.25, 0.3) is 0 Å². The third-order valence-electron chi connectivity index (χ3n) is 2.12. The van der Waals surface area contributed by atoms with Gasteiger partial charge in [-0.2, -0.15) is 0 Å². The van der Waals surface area contributed by atoms with E-state index in [4.69, 9.17) is 27.9 Å². The minimum Gasteiger partial charge on any atom is -0.490 e. The number of rotatable bonds is 4. The zero-order chi connectivity index (χ0) is 12.3. The third kappa shape index (κ3) is 3.28. The van der Waals surface area contributed by atoms with Gasteiger partial charge in [0.15, 0.2) is 16.1 Å². The highest BCUT2D eigenvalue weighted by molar-refractivity contribution is 7.09. The first kappa shape index (κ1) is 12.5. The maximum atomic E-state index is 5.82. The first-order valence-corrected chi connectivity index (χ1v) is 6.51. The van der Waals surface area contributed by atoms with Gasteiger partial charge in [-0.25, -0.2) is 4.98 Å². The van der Waals surface area contributed by atoms with Crippen molar-refractivity contribution >= 4 is 34.5 Å². The molecule has 0 aliphatic rings. The summed E-state index contributed by atoms with van der Waals surface area (Å²) in [4.78, 5) is 5.37. The molecule has 0 fully saturated rings. The lowest BCUT2D eigenvalue weighted by Crippen LogP contribution is -2.02. The fourth-order valence-corrected chi connectivity index (χ4v) is 2.30. The number of thiazole rings is 1. The number of hydrogen-bond donors (Lipinski definition) is 0. The summed E-state index contributed by atoms with van der Waals surface area (Å²) >= 11 is 13.1. The monoisotopic (exact) mass is 289 g/mol. The Kier molecular flexibility index (Phi) is 4.15. The Balaban J connectivity index is 1.94. The van der Waals surface area contributed by atoms with Gasteiger partial charge in [0.25, 0.3) is 0 Å². The molecule has 0 radical (unpaired) electrons. The van der Waals surface area contributed by atoms with Crippen LogP contribution in [0.1, 0.15) is 10.6 Å². The van der Waals surface area contributed by atoms with Crippen LogP contribution in [0, 0.1) is 6.92 Å². The molecule has 90 valence electrons. The van der Waals surface area contributed by atoms with Crippen molar-refractivity contribution in [3.8, 4) is 5.75 Å². The molecule has 0 atom stereocenters. The molecule has 0 saturated heterocycles. The van der Waals surface area contributed by atoms with Crippen LogP contribution in [-0.4, -0.2) is 21.8 Å². The molecule has 17 heavy (non-hydrogen) atoms. The van der Waals surface area contributed by atoms with E-state index in [1.165, 1.54) is 4.88 Å². The van der Waals surface area contributed by atoms with E-state index in [9.17, 15) is 0 Å². The number of ether oxygens (including phenoxy) is 1. The molecule has 0 saturated carbocycles. The second kappa shape index (κ2) is 5.62. The summed E-state index contributed by atoms with van der Waals surface area (Å²) in [5.41, 5.74) is 2.86. The van der Waals surface area contributed by atoms with Crippen molar-refractivity contribution < 1.29 is 4.74 Å². The minimum atomic E-state index is 0.218. The van der Waals surface area contributed by atoms with Gasteiger partial charge in [0.1, 0.15) is 0 Å². The van der Waals surface area contributed by atoms with Crippen LogP contribution in [0.2, 0.25) is 10.3 Å². The third-order valence-corrected chi connectivity index (χ3v) is 3.56. The SMILES string of the molecule is Cc1ncsc1CCOc1cc(Cl)nnc1Cl. The Labute approximate surface area is 113 Å². The Morgan fingerprint density at radius 2 is 2.18 bits per heavy atom. The van der Waals surface area contributed by atoms with Crippen LogP contribution in [-0.2, 0) is 6.42 Å². The summed E-state index contributed by atoms with van der Waals surface area (Å²) in [5, 5.41) is 7.75. The molecule has 2 aromatic heterocycles. The van der Waals surface area contributed by atoms with E-state index in [0.29, 0.717) is 12.4 Å². The highest BCUT2D eigenvalue weighted by atomic mass is 35.5. The molecule has 0 aliphatic carbocycles. The largest absolute Gasteiger partial charge is 0.490 e. The number of nitrogens with zero attached hydrogens (tertiary/aromatic N) is 3. The van der Waals surface area contributed by atoms with E-state index >= 15 is 0 Å². The van der Waals surface area contributed by atoms with Crippen LogP contribution in [0.5, 0.6) is 5.75 Å². The lowest BCUT2D eigenvalue weighted by Gasteiger charge is -2.06. The van der Waals surface area contributed by atoms with Crippen molar-refractivity contribution in [3.05, 3.63) is 32.5 Å². The number of aromatic nitrogens is 3. The molecule has 2 heterocycles. The van der Waals surface area contributed by atoms with Crippen molar-refractivity contribution in [3.63, 3.8) is 0 Å². The molecule has 0 aliphatic heterocycles. The molecule has 0 amide bonds. The van der Waals surface area contributed by atoms with Gasteiger partial charge in [-0.3, -0.25) is 0 Å². The van der Waals surface area contributed by atoms with Crippen molar-refractivity contribution in [1.82, 2.24) is 15.2 Å². The Bertz CT molecular complexity index is 518. The molecule has 2 rings (SSSR count). The fraction of sp³-hybridized carbons (Fsp3) is 0.300. The van der Waals surface area contributed by atoms with E-state index in [2.05, 4.69) is 15.2 Å². The van der Waals surface area contributed by atoms with E-state index in [1.54, 1.807) is 17.4 Å². The standard InChI is InChI=1S/C10H9Cl2N3OS/c1-6-8(17-5-13-6)2-3-16-7-4-9(11)14-15-10(7)12/h4-5H,2-3H2,1H3. The van der Waals surface area contributed by atoms with Gasteiger partial charge in [0, 0.05) is 17.4 Å². The fourth-order valence-electron chi connectivity index (χ4n) is 1.26. The smallest absolute Gasteiger partial charge is 0.193 e. The molecule has 7 heteroatoms. The van der Waals surface area contributed by atoms with Crippen LogP contribution < -0.4 is 4.74 Å². The number of aryl methyl sites for hydroxylation is 1. The summed E-state index contributed by atoms with van der Waals surface area (Å²) in [6.45, 7) is 2.48. The van der Waals surface area contributed by atoms with Gasteiger partial charge >= 0.3 is 0 Å². The van der Waals surface area contributed by atoms with E-state index in [-0.39, 0.29) is 10.3 Å². The van der Waals surface area contributed by atoms with Crippen molar-refractivity contribution in [2.45, 2.75) is 13.3 Å². The zero-order valence-corrected chi connectivity index (χ0v) is 11.3. The first-order valence-electron chi connectivity index (χ1n) is 4.87. The Morgan fingerprint density at radius 1 is 1.35 bits per heavy atom. The van der Waals surface area contributed by atoms with Crippen molar-refractivity contribution in [2.24, 2.45) is 0 Å². The second-order valence-corrected chi connectivity index (χ2v) is 4.97. The van der Waals surface area contributed by atoms with Gasteiger partial charge in [-0.15, -0.1) is 21.5 Å². The lowest BCUT2D eigenvalue weighted by molar-refractivity contribution is 0.321. The molecule has 0 unspecified atom stereocenters. The average Bonchev–Trinajstić information content (AvgIpc) is 2.70. The maximum Gasteiger partial charge on any atom is 0.193 e. The van der Waals surface area contributed by atoms with E-state index < -0.39 is 0 Å². The Hall–Kier alpha value is -0.910. The second-order valence-electron chi connectivity index (χ2n) is 3.28. The summed E-state index contributed by atoms with van der Waals surface area (Å²) in [5.74, 6) is 0.453. The summed E-state index contributed by atoms with van der Waals surface area (Å²) in [7, 11) is 0. The van der Waals surface area contributed by atoms with Crippen LogP contribution >= 0.6 is 34.5 Å². The zero-order valence-electron chi connectivity index (χ0n) is 8.98. The quantitative estimate of drug-likeness (QED) is 0.867. The lowest BCUT2D eigenvalue weighted by atomic mass is 10.3. The van der Waals surface area contributed by atoms with Crippen molar-refractivity contribution in [1.29, 1.82) is 0 Å². The first-order chi connectivity index (χ1) is 8.16. The highest BCUT2D eigenvalue weighted by Gasteiger charge is 2.06. The molecular weight excluding hydrogens is 281 g/mol. The highest BCUT2D eigenvalue weighted by Crippen LogP contribution is 2.23.